The molecule has 0 aliphatic heterocycles. The van der Waals surface area contributed by atoms with Crippen molar-refractivity contribution in [3.8, 4) is 0 Å². The highest BCUT2D eigenvalue weighted by Crippen LogP contribution is 2.25. The van der Waals surface area contributed by atoms with Crippen molar-refractivity contribution in [1.29, 1.82) is 0 Å². The second-order valence-corrected chi connectivity index (χ2v) is 8.68. The molecule has 0 saturated carbocycles. The van der Waals surface area contributed by atoms with Crippen molar-refractivity contribution in [2.45, 2.75) is 26.2 Å². The zero-order valence-corrected chi connectivity index (χ0v) is 19.5. The Kier molecular flexibility index (Phi) is 6.35. The molecule has 0 fully saturated rings. The number of aromatic nitrogens is 2. The Balaban J connectivity index is 2.13. The Morgan fingerprint density at radius 3 is 2.61 bits per heavy atom. The Morgan fingerprint density at radius 2 is 1.96 bits per heavy atom. The van der Waals surface area contributed by atoms with E-state index in [4.69, 9.17) is 4.98 Å². The number of hydrogen-bond donors (Lipinski definition) is 0. The zero-order valence-electron chi connectivity index (χ0n) is 16.3. The van der Waals surface area contributed by atoms with E-state index >= 15 is 0 Å². The summed E-state index contributed by atoms with van der Waals surface area (Å²) >= 11 is 7.02. The first-order valence-electron chi connectivity index (χ1n) is 9.05. The molecule has 0 aliphatic carbocycles. The van der Waals surface area contributed by atoms with Crippen LogP contribution >= 0.6 is 31.9 Å². The number of nitrogens with zero attached hydrogens (tertiary/aromatic N) is 4. The maximum Gasteiger partial charge on any atom is 0.282 e. The van der Waals surface area contributed by atoms with Crippen LogP contribution in [0, 0.1) is 0 Å². The number of anilines is 1. The molecule has 3 aromatic rings. The van der Waals surface area contributed by atoms with E-state index in [2.05, 4.69) is 50.8 Å². The van der Waals surface area contributed by atoms with Gasteiger partial charge in [0, 0.05) is 29.0 Å². The van der Waals surface area contributed by atoms with E-state index < -0.39 is 0 Å². The molecule has 0 unspecified atom stereocenters. The minimum absolute atomic E-state index is 0.112. The van der Waals surface area contributed by atoms with Gasteiger partial charge in [-0.2, -0.15) is 9.78 Å². The highest BCUT2D eigenvalue weighted by molar-refractivity contribution is 9.10. The standard InChI is InChI=1S/C21H22Br2N4O/c1-5-13(2)20-25-18-8-7-15(22)11-16(18)21(28)27(20)24-12-14-6-9-19(26(3)4)17(23)10-14/h6-13H,5H2,1-4H3/t13-/m1/s1. The molecule has 3 rings (SSSR count). The lowest BCUT2D eigenvalue weighted by Crippen LogP contribution is -2.23. The molecule has 1 aromatic heterocycles. The number of hydrogen-bond acceptors (Lipinski definition) is 4. The van der Waals surface area contributed by atoms with Crippen LogP contribution in [0.2, 0.25) is 0 Å². The molecule has 0 spiro atoms. The molecule has 0 bridgehead atoms. The summed E-state index contributed by atoms with van der Waals surface area (Å²) in [7, 11) is 3.98. The summed E-state index contributed by atoms with van der Waals surface area (Å²) in [6.07, 6.45) is 2.57. The van der Waals surface area contributed by atoms with Crippen molar-refractivity contribution in [2.24, 2.45) is 5.10 Å². The third-order valence-electron chi connectivity index (χ3n) is 4.66. The van der Waals surface area contributed by atoms with E-state index in [0.717, 1.165) is 26.6 Å². The molecule has 1 heterocycles. The normalized spacial score (nSPS) is 12.6. The van der Waals surface area contributed by atoms with E-state index in [-0.39, 0.29) is 11.5 Å². The van der Waals surface area contributed by atoms with Crippen molar-refractivity contribution < 1.29 is 0 Å². The maximum atomic E-state index is 13.1. The summed E-state index contributed by atoms with van der Waals surface area (Å²) < 4.78 is 3.24. The van der Waals surface area contributed by atoms with E-state index in [1.807, 2.05) is 49.3 Å². The number of benzene rings is 2. The average Bonchev–Trinajstić information content (AvgIpc) is 2.66. The van der Waals surface area contributed by atoms with Crippen LogP contribution in [0.4, 0.5) is 5.69 Å². The van der Waals surface area contributed by atoms with Crippen LogP contribution < -0.4 is 10.5 Å². The van der Waals surface area contributed by atoms with Gasteiger partial charge < -0.3 is 4.90 Å². The summed E-state index contributed by atoms with van der Waals surface area (Å²) in [5, 5.41) is 5.05. The SMILES string of the molecule is CC[C@@H](C)c1nc2ccc(Br)cc2c(=O)n1N=Cc1ccc(N(C)C)c(Br)c1. The molecular weight excluding hydrogens is 484 g/mol. The quantitative estimate of drug-likeness (QED) is 0.437. The van der Waals surface area contributed by atoms with Gasteiger partial charge in [0.1, 0.15) is 5.82 Å². The maximum absolute atomic E-state index is 13.1. The van der Waals surface area contributed by atoms with Gasteiger partial charge >= 0.3 is 0 Å². The van der Waals surface area contributed by atoms with Crippen LogP contribution in [0.15, 0.2) is 55.2 Å². The molecule has 0 radical (unpaired) electrons. The summed E-state index contributed by atoms with van der Waals surface area (Å²) in [5.41, 5.74) is 2.50. The van der Waals surface area contributed by atoms with Crippen LogP contribution in [0.25, 0.3) is 10.9 Å². The van der Waals surface area contributed by atoms with Gasteiger partial charge in [-0.15, -0.1) is 0 Å². The van der Waals surface area contributed by atoms with Crippen molar-refractivity contribution in [1.82, 2.24) is 9.66 Å². The average molecular weight is 506 g/mol. The first-order chi connectivity index (χ1) is 13.3. The molecule has 0 aliphatic rings. The second kappa shape index (κ2) is 8.57. The van der Waals surface area contributed by atoms with Crippen molar-refractivity contribution in [3.05, 3.63) is 67.1 Å². The Labute approximate surface area is 181 Å². The number of halogens is 2. The van der Waals surface area contributed by atoms with Crippen LogP contribution in [-0.4, -0.2) is 30.0 Å². The van der Waals surface area contributed by atoms with E-state index in [1.54, 1.807) is 12.3 Å². The predicted octanol–water partition coefficient (Wildman–Crippen LogP) is 5.38. The first-order valence-corrected chi connectivity index (χ1v) is 10.6. The number of fused-ring (bicyclic) bond motifs is 1. The minimum Gasteiger partial charge on any atom is -0.377 e. The molecule has 2 aromatic carbocycles. The zero-order chi connectivity index (χ0) is 20.4. The molecule has 0 saturated heterocycles. The Bertz CT molecular complexity index is 1110. The summed E-state index contributed by atoms with van der Waals surface area (Å²) in [6.45, 7) is 4.13. The van der Waals surface area contributed by atoms with Gasteiger partial charge in [-0.05, 0) is 58.2 Å². The molecule has 146 valence electrons. The summed E-state index contributed by atoms with van der Waals surface area (Å²) in [5.74, 6) is 0.781. The highest BCUT2D eigenvalue weighted by Gasteiger charge is 2.15. The van der Waals surface area contributed by atoms with Crippen molar-refractivity contribution in [2.75, 3.05) is 19.0 Å². The van der Waals surface area contributed by atoms with Crippen LogP contribution in [-0.2, 0) is 0 Å². The molecular formula is C21H22Br2N4O. The molecule has 0 N–H and O–H groups in total. The first kappa shape index (κ1) is 20.7. The summed E-state index contributed by atoms with van der Waals surface area (Å²) in [6, 6.07) is 11.5. The fourth-order valence-electron chi connectivity index (χ4n) is 2.87. The lowest BCUT2D eigenvalue weighted by atomic mass is 10.1. The van der Waals surface area contributed by atoms with Gasteiger partial charge in [0.25, 0.3) is 5.56 Å². The monoisotopic (exact) mass is 504 g/mol. The fraction of sp³-hybridized carbons (Fsp3) is 0.286. The third kappa shape index (κ3) is 4.20. The Hall–Kier alpha value is -1.99. The van der Waals surface area contributed by atoms with E-state index in [9.17, 15) is 4.79 Å². The van der Waals surface area contributed by atoms with Gasteiger partial charge in [0.15, 0.2) is 0 Å². The lowest BCUT2D eigenvalue weighted by Gasteiger charge is -2.15. The van der Waals surface area contributed by atoms with E-state index in [0.29, 0.717) is 16.7 Å². The smallest absolute Gasteiger partial charge is 0.282 e. The van der Waals surface area contributed by atoms with Crippen LogP contribution in [0.1, 0.15) is 37.6 Å². The third-order valence-corrected chi connectivity index (χ3v) is 5.79. The molecule has 28 heavy (non-hydrogen) atoms. The van der Waals surface area contributed by atoms with Gasteiger partial charge in [-0.1, -0.05) is 35.8 Å². The summed E-state index contributed by atoms with van der Waals surface area (Å²) in [4.78, 5) is 19.9. The van der Waals surface area contributed by atoms with Crippen LogP contribution in [0.5, 0.6) is 0 Å². The molecule has 0 amide bonds. The van der Waals surface area contributed by atoms with Gasteiger partial charge in [-0.25, -0.2) is 4.98 Å². The van der Waals surface area contributed by atoms with Gasteiger partial charge in [0.05, 0.1) is 22.8 Å². The van der Waals surface area contributed by atoms with Crippen molar-refractivity contribution in [3.63, 3.8) is 0 Å². The van der Waals surface area contributed by atoms with Crippen molar-refractivity contribution >= 4 is 54.7 Å². The van der Waals surface area contributed by atoms with E-state index in [1.165, 1.54) is 4.68 Å². The lowest BCUT2D eigenvalue weighted by molar-refractivity contribution is 0.613. The predicted molar refractivity (Wildman–Crippen MR) is 124 cm³/mol. The van der Waals surface area contributed by atoms with Crippen LogP contribution in [0.3, 0.4) is 0 Å². The minimum atomic E-state index is -0.165. The van der Waals surface area contributed by atoms with Gasteiger partial charge in [0.2, 0.25) is 0 Å². The van der Waals surface area contributed by atoms with Gasteiger partial charge in [-0.3, -0.25) is 4.79 Å². The molecule has 7 heteroatoms. The molecule has 1 atom stereocenters. The number of rotatable bonds is 5. The fourth-order valence-corrected chi connectivity index (χ4v) is 3.98. The largest absolute Gasteiger partial charge is 0.377 e. The highest BCUT2D eigenvalue weighted by atomic mass is 79.9. The topological polar surface area (TPSA) is 50.5 Å². The molecule has 5 nitrogen and oxygen atoms in total. The second-order valence-electron chi connectivity index (χ2n) is 6.91. The Morgan fingerprint density at radius 1 is 1.21 bits per heavy atom.